The number of nitrogens with two attached hydrogens (primary N) is 1. The van der Waals surface area contributed by atoms with Crippen LogP contribution in [0.2, 0.25) is 0 Å². The van der Waals surface area contributed by atoms with Gasteiger partial charge in [-0.1, -0.05) is 5.10 Å². The van der Waals surface area contributed by atoms with Gasteiger partial charge in [0, 0.05) is 18.5 Å². The second-order valence-corrected chi connectivity index (χ2v) is 4.07. The Morgan fingerprint density at radius 1 is 1.47 bits per heavy atom. The summed E-state index contributed by atoms with van der Waals surface area (Å²) in [6, 6.07) is 3.43. The maximum atomic E-state index is 11.4. The Kier molecular flexibility index (Phi) is 4.30. The molecule has 0 aromatic carbocycles. The summed E-state index contributed by atoms with van der Waals surface area (Å²) in [5.74, 6) is 0.689. The van der Waals surface area contributed by atoms with Crippen molar-refractivity contribution in [3.63, 3.8) is 0 Å². The number of carbonyl (C=O) groups excluding carboxylic acids is 1. The molecule has 2 aromatic rings. The van der Waals surface area contributed by atoms with E-state index in [0.717, 1.165) is 0 Å². The highest BCUT2D eigenvalue weighted by Crippen LogP contribution is 2.23. The van der Waals surface area contributed by atoms with Crippen LogP contribution in [0.4, 0.5) is 11.8 Å². The summed E-state index contributed by atoms with van der Waals surface area (Å²) in [7, 11) is 0. The summed E-state index contributed by atoms with van der Waals surface area (Å²) in [5, 5.41) is 10.0. The molecule has 0 bridgehead atoms. The highest BCUT2D eigenvalue weighted by molar-refractivity contribution is 6.18. The van der Waals surface area contributed by atoms with E-state index in [4.69, 9.17) is 21.8 Å². The third-order valence-electron chi connectivity index (χ3n) is 2.28. The van der Waals surface area contributed by atoms with Gasteiger partial charge in [-0.2, -0.15) is 0 Å². The molecule has 3 N–H and O–H groups in total. The van der Waals surface area contributed by atoms with Gasteiger partial charge in [-0.15, -0.1) is 16.7 Å². The van der Waals surface area contributed by atoms with E-state index in [0.29, 0.717) is 24.3 Å². The number of carbonyl (C=O) groups is 1. The zero-order valence-corrected chi connectivity index (χ0v) is 10.7. The summed E-state index contributed by atoms with van der Waals surface area (Å²) in [5.41, 5.74) is 6.21. The minimum atomic E-state index is -0.227. The number of anilines is 2. The predicted octanol–water partition coefficient (Wildman–Crippen LogP) is 1.67. The molecular formula is C11H12ClN5O2. The van der Waals surface area contributed by atoms with Gasteiger partial charge in [0.25, 0.3) is 5.89 Å². The molecule has 0 radical (unpaired) electrons. The number of nitrogens with zero attached hydrogens (tertiary/aromatic N) is 3. The van der Waals surface area contributed by atoms with Crippen LogP contribution in [0.1, 0.15) is 12.8 Å². The van der Waals surface area contributed by atoms with Crippen LogP contribution in [0.15, 0.2) is 22.7 Å². The number of hydrogen-bond acceptors (Lipinski definition) is 6. The second-order valence-electron chi connectivity index (χ2n) is 3.69. The molecule has 100 valence electrons. The Morgan fingerprint density at radius 3 is 3.05 bits per heavy atom. The van der Waals surface area contributed by atoms with Crippen LogP contribution in [0.25, 0.3) is 11.5 Å². The fraction of sp³-hybridized carbons (Fsp3) is 0.273. The van der Waals surface area contributed by atoms with Gasteiger partial charge in [-0.3, -0.25) is 10.1 Å². The smallest absolute Gasteiger partial charge is 0.322 e. The molecule has 0 unspecified atom stereocenters. The standard InChI is InChI=1S/C11H12ClN5O2/c12-5-1-4-8(18)15-11-17-16-10(19-11)7-3-2-6-14-9(7)13/h2-3,6H,1,4-5H2,(H2,13,14)(H,15,17,18). The number of halogens is 1. The van der Waals surface area contributed by atoms with Crippen molar-refractivity contribution in [2.24, 2.45) is 0 Å². The SMILES string of the molecule is Nc1ncccc1-c1nnc(NC(=O)CCCCl)o1. The molecule has 8 heteroatoms. The first kappa shape index (κ1) is 13.3. The Morgan fingerprint density at radius 2 is 2.32 bits per heavy atom. The van der Waals surface area contributed by atoms with Gasteiger partial charge in [-0.05, 0) is 18.6 Å². The number of pyridine rings is 1. The molecule has 19 heavy (non-hydrogen) atoms. The third kappa shape index (κ3) is 3.41. The first-order chi connectivity index (χ1) is 9.20. The Balaban J connectivity index is 2.07. The van der Waals surface area contributed by atoms with E-state index in [1.54, 1.807) is 18.3 Å². The number of alkyl halides is 1. The molecule has 0 aliphatic heterocycles. The molecule has 0 saturated heterocycles. The molecule has 0 fully saturated rings. The number of nitrogen functional groups attached to an aromatic ring is 1. The molecule has 0 atom stereocenters. The van der Waals surface area contributed by atoms with E-state index < -0.39 is 0 Å². The van der Waals surface area contributed by atoms with E-state index in [1.165, 1.54) is 0 Å². The van der Waals surface area contributed by atoms with Crippen molar-refractivity contribution in [3.05, 3.63) is 18.3 Å². The maximum Gasteiger partial charge on any atom is 0.322 e. The molecule has 0 aliphatic carbocycles. The largest absolute Gasteiger partial charge is 0.403 e. The van der Waals surface area contributed by atoms with Crippen molar-refractivity contribution in [3.8, 4) is 11.5 Å². The maximum absolute atomic E-state index is 11.4. The lowest BCUT2D eigenvalue weighted by molar-refractivity contribution is -0.116. The van der Waals surface area contributed by atoms with Crippen molar-refractivity contribution < 1.29 is 9.21 Å². The first-order valence-corrected chi connectivity index (χ1v) is 6.14. The lowest BCUT2D eigenvalue weighted by Gasteiger charge is -1.99. The van der Waals surface area contributed by atoms with Crippen LogP contribution in [0, 0.1) is 0 Å². The van der Waals surface area contributed by atoms with Crippen LogP contribution in [0.5, 0.6) is 0 Å². The molecule has 2 aromatic heterocycles. The van der Waals surface area contributed by atoms with Gasteiger partial charge in [0.1, 0.15) is 5.82 Å². The van der Waals surface area contributed by atoms with Crippen LogP contribution >= 0.6 is 11.6 Å². The summed E-state index contributed by atoms with van der Waals surface area (Å²) in [6.45, 7) is 0. The van der Waals surface area contributed by atoms with Crippen molar-refractivity contribution >= 4 is 29.3 Å². The molecular weight excluding hydrogens is 270 g/mol. The number of aromatic nitrogens is 3. The molecule has 1 amide bonds. The number of nitrogens with one attached hydrogen (secondary N) is 1. The summed E-state index contributed by atoms with van der Waals surface area (Å²) in [6.07, 6.45) is 2.45. The number of rotatable bonds is 5. The fourth-order valence-electron chi connectivity index (χ4n) is 1.39. The van der Waals surface area contributed by atoms with Crippen molar-refractivity contribution in [2.45, 2.75) is 12.8 Å². The lowest BCUT2D eigenvalue weighted by atomic mass is 10.2. The molecule has 0 aliphatic rings. The van der Waals surface area contributed by atoms with E-state index in [1.807, 2.05) is 0 Å². The topological polar surface area (TPSA) is 107 Å². The monoisotopic (exact) mass is 281 g/mol. The minimum absolute atomic E-state index is 0.0258. The Hall–Kier alpha value is -2.15. The number of amides is 1. The van der Waals surface area contributed by atoms with E-state index in [2.05, 4.69) is 20.5 Å². The van der Waals surface area contributed by atoms with Crippen molar-refractivity contribution in [2.75, 3.05) is 16.9 Å². The molecule has 2 heterocycles. The van der Waals surface area contributed by atoms with Crippen LogP contribution in [-0.4, -0.2) is 27.0 Å². The minimum Gasteiger partial charge on any atom is -0.403 e. The van der Waals surface area contributed by atoms with Gasteiger partial charge in [0.2, 0.25) is 5.91 Å². The van der Waals surface area contributed by atoms with E-state index in [-0.39, 0.29) is 23.6 Å². The molecule has 7 nitrogen and oxygen atoms in total. The summed E-state index contributed by atoms with van der Waals surface area (Å²) >= 11 is 5.50. The van der Waals surface area contributed by atoms with Crippen LogP contribution in [-0.2, 0) is 4.79 Å². The fourth-order valence-corrected chi connectivity index (χ4v) is 1.52. The normalized spacial score (nSPS) is 10.4. The Labute approximate surface area is 114 Å². The van der Waals surface area contributed by atoms with Gasteiger partial charge in [0.05, 0.1) is 5.56 Å². The Bertz CT molecular complexity index is 572. The van der Waals surface area contributed by atoms with Gasteiger partial charge in [0.15, 0.2) is 0 Å². The van der Waals surface area contributed by atoms with E-state index >= 15 is 0 Å². The third-order valence-corrected chi connectivity index (χ3v) is 2.55. The molecule has 0 saturated carbocycles. The average Bonchev–Trinajstić information content (AvgIpc) is 2.85. The van der Waals surface area contributed by atoms with Crippen molar-refractivity contribution in [1.29, 1.82) is 0 Å². The highest BCUT2D eigenvalue weighted by Gasteiger charge is 2.13. The molecule has 2 rings (SSSR count). The predicted molar refractivity (Wildman–Crippen MR) is 70.5 cm³/mol. The lowest BCUT2D eigenvalue weighted by Crippen LogP contribution is -2.11. The zero-order chi connectivity index (χ0) is 13.7. The van der Waals surface area contributed by atoms with Gasteiger partial charge in [-0.25, -0.2) is 4.98 Å². The highest BCUT2D eigenvalue weighted by atomic mass is 35.5. The summed E-state index contributed by atoms with van der Waals surface area (Å²) < 4.78 is 5.29. The second kappa shape index (κ2) is 6.14. The van der Waals surface area contributed by atoms with Crippen molar-refractivity contribution in [1.82, 2.24) is 15.2 Å². The van der Waals surface area contributed by atoms with Crippen LogP contribution < -0.4 is 11.1 Å². The van der Waals surface area contributed by atoms with Gasteiger partial charge >= 0.3 is 6.01 Å². The average molecular weight is 282 g/mol. The van der Waals surface area contributed by atoms with Crippen LogP contribution in [0.3, 0.4) is 0 Å². The molecule has 0 spiro atoms. The van der Waals surface area contributed by atoms with E-state index in [9.17, 15) is 4.79 Å². The van der Waals surface area contributed by atoms with Gasteiger partial charge < -0.3 is 10.2 Å². The quantitative estimate of drug-likeness (QED) is 0.807. The zero-order valence-electron chi connectivity index (χ0n) is 9.97. The number of hydrogen-bond donors (Lipinski definition) is 2. The summed E-state index contributed by atoms with van der Waals surface area (Å²) in [4.78, 5) is 15.4. The first-order valence-electron chi connectivity index (χ1n) is 5.61.